The zero-order valence-electron chi connectivity index (χ0n) is 10.6. The molecule has 0 aliphatic carbocycles. The fourth-order valence-electron chi connectivity index (χ4n) is 1.85. The standard InChI is InChI=1S/C13H11F4NOS/c1-6-11(7(2)19)20-12(18-6)9-4-3-8(14)5-10(9)13(15,16)17/h3-5,7,19H,1-2H3. The third-order valence-electron chi connectivity index (χ3n) is 2.73. The topological polar surface area (TPSA) is 33.1 Å². The largest absolute Gasteiger partial charge is 0.417 e. The third-order valence-corrected chi connectivity index (χ3v) is 4.09. The van der Waals surface area contributed by atoms with Crippen LogP contribution >= 0.6 is 11.3 Å². The minimum absolute atomic E-state index is 0.116. The Labute approximate surface area is 116 Å². The number of aryl methyl sites for hydroxylation is 1. The van der Waals surface area contributed by atoms with E-state index >= 15 is 0 Å². The summed E-state index contributed by atoms with van der Waals surface area (Å²) < 4.78 is 51.9. The van der Waals surface area contributed by atoms with Crippen LogP contribution in [0, 0.1) is 12.7 Å². The molecule has 1 atom stereocenters. The summed E-state index contributed by atoms with van der Waals surface area (Å²) in [5, 5.41) is 9.64. The van der Waals surface area contributed by atoms with E-state index in [0.29, 0.717) is 16.6 Å². The molecule has 1 heterocycles. The highest BCUT2D eigenvalue weighted by molar-refractivity contribution is 7.15. The van der Waals surface area contributed by atoms with Crippen LogP contribution in [0.15, 0.2) is 18.2 Å². The van der Waals surface area contributed by atoms with E-state index in [9.17, 15) is 22.7 Å². The van der Waals surface area contributed by atoms with Gasteiger partial charge >= 0.3 is 6.18 Å². The second kappa shape index (κ2) is 5.14. The summed E-state index contributed by atoms with van der Waals surface area (Å²) in [7, 11) is 0. The van der Waals surface area contributed by atoms with Gasteiger partial charge in [-0.05, 0) is 32.0 Å². The summed E-state index contributed by atoms with van der Waals surface area (Å²) in [4.78, 5) is 4.54. The smallest absolute Gasteiger partial charge is 0.388 e. The molecule has 1 unspecified atom stereocenters. The van der Waals surface area contributed by atoms with Gasteiger partial charge in [0.05, 0.1) is 22.2 Å². The number of halogens is 4. The first-order valence-electron chi connectivity index (χ1n) is 5.72. The predicted octanol–water partition coefficient (Wildman–Crippen LogP) is 4.33. The molecule has 108 valence electrons. The summed E-state index contributed by atoms with van der Waals surface area (Å²) in [5.74, 6) is -0.954. The van der Waals surface area contributed by atoms with Crippen LogP contribution in [0.2, 0.25) is 0 Å². The Morgan fingerprint density at radius 1 is 1.30 bits per heavy atom. The molecule has 2 rings (SSSR count). The molecule has 0 amide bonds. The zero-order valence-corrected chi connectivity index (χ0v) is 11.4. The average Bonchev–Trinajstić information content (AvgIpc) is 2.70. The van der Waals surface area contributed by atoms with Crippen molar-refractivity contribution in [1.82, 2.24) is 4.98 Å². The summed E-state index contributed by atoms with van der Waals surface area (Å²) >= 11 is 0.973. The lowest BCUT2D eigenvalue weighted by Crippen LogP contribution is -2.07. The lowest BCUT2D eigenvalue weighted by Gasteiger charge is -2.11. The highest BCUT2D eigenvalue weighted by Gasteiger charge is 2.35. The minimum Gasteiger partial charge on any atom is -0.388 e. The van der Waals surface area contributed by atoms with Gasteiger partial charge in [0.25, 0.3) is 0 Å². The normalized spacial score (nSPS) is 13.6. The molecular formula is C13H11F4NOS. The highest BCUT2D eigenvalue weighted by atomic mass is 32.1. The maximum atomic E-state index is 13.0. The number of aromatic nitrogens is 1. The number of benzene rings is 1. The number of rotatable bonds is 2. The number of aliphatic hydroxyl groups is 1. The molecule has 0 radical (unpaired) electrons. The van der Waals surface area contributed by atoms with Crippen LogP contribution < -0.4 is 0 Å². The molecule has 0 spiro atoms. The van der Waals surface area contributed by atoms with Crippen molar-refractivity contribution in [2.24, 2.45) is 0 Å². The van der Waals surface area contributed by atoms with Crippen molar-refractivity contribution in [3.8, 4) is 10.6 Å². The predicted molar refractivity (Wildman–Crippen MR) is 67.9 cm³/mol. The Hall–Kier alpha value is -1.47. The molecule has 7 heteroatoms. The van der Waals surface area contributed by atoms with Crippen LogP contribution in [0.3, 0.4) is 0 Å². The van der Waals surface area contributed by atoms with E-state index in [4.69, 9.17) is 0 Å². The van der Waals surface area contributed by atoms with Crippen molar-refractivity contribution in [1.29, 1.82) is 0 Å². The van der Waals surface area contributed by atoms with Gasteiger partial charge in [0.2, 0.25) is 0 Å². The molecule has 0 fully saturated rings. The molecule has 0 aliphatic heterocycles. The van der Waals surface area contributed by atoms with Gasteiger partial charge < -0.3 is 5.11 Å². The maximum Gasteiger partial charge on any atom is 0.417 e. The van der Waals surface area contributed by atoms with Gasteiger partial charge in [-0.1, -0.05) is 0 Å². The van der Waals surface area contributed by atoms with E-state index in [-0.39, 0.29) is 10.6 Å². The summed E-state index contributed by atoms with van der Waals surface area (Å²) in [6.07, 6.45) is -5.47. The van der Waals surface area contributed by atoms with Gasteiger partial charge in [-0.3, -0.25) is 0 Å². The number of alkyl halides is 3. The van der Waals surface area contributed by atoms with Crippen molar-refractivity contribution in [2.75, 3.05) is 0 Å². The van der Waals surface area contributed by atoms with Crippen LogP contribution in [0.4, 0.5) is 17.6 Å². The Kier molecular flexibility index (Phi) is 3.84. The Morgan fingerprint density at radius 2 is 1.95 bits per heavy atom. The van der Waals surface area contributed by atoms with Crippen LogP contribution in [-0.2, 0) is 6.18 Å². The molecule has 1 aromatic heterocycles. The van der Waals surface area contributed by atoms with Gasteiger partial charge in [-0.2, -0.15) is 13.2 Å². The van der Waals surface area contributed by atoms with Crippen molar-refractivity contribution in [2.45, 2.75) is 26.1 Å². The second-order valence-corrected chi connectivity index (χ2v) is 5.36. The van der Waals surface area contributed by atoms with E-state index in [1.54, 1.807) is 6.92 Å². The fraction of sp³-hybridized carbons (Fsp3) is 0.308. The first-order chi connectivity index (χ1) is 9.20. The maximum absolute atomic E-state index is 13.0. The summed E-state index contributed by atoms with van der Waals surface area (Å²) in [6, 6.07) is 2.47. The molecule has 20 heavy (non-hydrogen) atoms. The molecule has 0 aliphatic rings. The first kappa shape index (κ1) is 14.9. The van der Waals surface area contributed by atoms with Crippen LogP contribution in [0.1, 0.15) is 29.2 Å². The molecule has 1 N–H and O–H groups in total. The van der Waals surface area contributed by atoms with E-state index in [1.165, 1.54) is 6.92 Å². The minimum atomic E-state index is -4.66. The number of aliphatic hydroxyl groups excluding tert-OH is 1. The first-order valence-corrected chi connectivity index (χ1v) is 6.54. The van der Waals surface area contributed by atoms with Gasteiger partial charge in [-0.15, -0.1) is 11.3 Å². The van der Waals surface area contributed by atoms with Crippen molar-refractivity contribution < 1.29 is 22.7 Å². The van der Waals surface area contributed by atoms with Crippen molar-refractivity contribution in [3.05, 3.63) is 40.2 Å². The van der Waals surface area contributed by atoms with Crippen molar-refractivity contribution >= 4 is 11.3 Å². The Morgan fingerprint density at radius 3 is 2.45 bits per heavy atom. The quantitative estimate of drug-likeness (QED) is 0.838. The summed E-state index contributed by atoms with van der Waals surface area (Å²) in [6.45, 7) is 3.12. The number of hydrogen-bond donors (Lipinski definition) is 1. The third kappa shape index (κ3) is 2.83. The van der Waals surface area contributed by atoms with Gasteiger partial charge in [0, 0.05) is 5.56 Å². The van der Waals surface area contributed by atoms with Crippen LogP contribution in [0.5, 0.6) is 0 Å². The second-order valence-electron chi connectivity index (χ2n) is 4.33. The van der Waals surface area contributed by atoms with Crippen LogP contribution in [-0.4, -0.2) is 10.1 Å². The molecule has 2 aromatic rings. The van der Waals surface area contributed by atoms with Gasteiger partial charge in [-0.25, -0.2) is 9.37 Å². The number of thiazole rings is 1. The zero-order chi connectivity index (χ0) is 15.1. The number of nitrogens with zero attached hydrogens (tertiary/aromatic N) is 1. The van der Waals surface area contributed by atoms with Gasteiger partial charge in [0.15, 0.2) is 0 Å². The average molecular weight is 305 g/mol. The molecule has 2 nitrogen and oxygen atoms in total. The van der Waals surface area contributed by atoms with E-state index in [1.807, 2.05) is 0 Å². The van der Waals surface area contributed by atoms with E-state index in [0.717, 1.165) is 23.5 Å². The highest BCUT2D eigenvalue weighted by Crippen LogP contribution is 2.40. The number of hydrogen-bond acceptors (Lipinski definition) is 3. The monoisotopic (exact) mass is 305 g/mol. The lowest BCUT2D eigenvalue weighted by molar-refractivity contribution is -0.137. The fourth-order valence-corrected chi connectivity index (χ4v) is 2.89. The molecule has 0 bridgehead atoms. The lowest BCUT2D eigenvalue weighted by atomic mass is 10.1. The Bertz CT molecular complexity index is 634. The molecule has 1 aromatic carbocycles. The molecular weight excluding hydrogens is 294 g/mol. The summed E-state index contributed by atoms with van der Waals surface area (Å²) in [5.41, 5.74) is -0.778. The van der Waals surface area contributed by atoms with Gasteiger partial charge in [0.1, 0.15) is 10.8 Å². The molecule has 0 saturated heterocycles. The van der Waals surface area contributed by atoms with E-state index in [2.05, 4.69) is 4.98 Å². The Balaban J connectivity index is 2.61. The van der Waals surface area contributed by atoms with Crippen LogP contribution in [0.25, 0.3) is 10.6 Å². The SMILES string of the molecule is Cc1nc(-c2ccc(F)cc2C(F)(F)F)sc1C(C)O. The van der Waals surface area contributed by atoms with Crippen molar-refractivity contribution in [3.63, 3.8) is 0 Å². The molecule has 0 saturated carbocycles. The van der Waals surface area contributed by atoms with E-state index < -0.39 is 23.7 Å².